The summed E-state index contributed by atoms with van der Waals surface area (Å²) in [5, 5.41) is 27.6. The lowest BCUT2D eigenvalue weighted by Crippen LogP contribution is -2.54. The second kappa shape index (κ2) is 4.04. The lowest BCUT2D eigenvalue weighted by atomic mass is 9.93. The molecule has 0 aromatic heterocycles. The average molecular weight is 189 g/mol. The van der Waals surface area contributed by atoms with Crippen LogP contribution in [0.1, 0.15) is 6.92 Å². The van der Waals surface area contributed by atoms with Crippen LogP contribution in [-0.4, -0.2) is 58.0 Å². The van der Waals surface area contributed by atoms with Gasteiger partial charge in [0.2, 0.25) is 5.91 Å². The molecule has 1 amide bonds. The minimum absolute atomic E-state index is 0.146. The predicted molar refractivity (Wildman–Crippen MR) is 44.8 cm³/mol. The fourth-order valence-corrected chi connectivity index (χ4v) is 1.54. The Bertz CT molecular complexity index is 197. The Balaban J connectivity index is 2.63. The summed E-state index contributed by atoms with van der Waals surface area (Å²) in [6.07, 6.45) is -1.88. The monoisotopic (exact) mass is 189 g/mol. The van der Waals surface area contributed by atoms with Gasteiger partial charge in [0.25, 0.3) is 0 Å². The third kappa shape index (κ3) is 2.18. The van der Waals surface area contributed by atoms with Gasteiger partial charge in [-0.15, -0.1) is 0 Å². The average Bonchev–Trinajstić information content (AvgIpc) is 2.09. The summed E-state index contributed by atoms with van der Waals surface area (Å²) < 4.78 is 0. The number of carbonyl (C=O) groups excluding carboxylic acids is 1. The molecule has 0 radical (unpaired) electrons. The molecule has 0 saturated carbocycles. The van der Waals surface area contributed by atoms with Crippen molar-refractivity contribution in [2.24, 2.45) is 5.92 Å². The molecule has 76 valence electrons. The summed E-state index contributed by atoms with van der Waals surface area (Å²) in [6.45, 7) is 1.64. The molecule has 13 heavy (non-hydrogen) atoms. The zero-order chi connectivity index (χ0) is 10.0. The summed E-state index contributed by atoms with van der Waals surface area (Å²) in [4.78, 5) is 12.4. The van der Waals surface area contributed by atoms with Gasteiger partial charge in [-0.05, 0) is 0 Å². The van der Waals surface area contributed by atoms with Crippen molar-refractivity contribution in [1.29, 1.82) is 0 Å². The van der Waals surface area contributed by atoms with E-state index in [-0.39, 0.29) is 19.1 Å². The number of aliphatic hydroxyl groups is 3. The molecule has 1 aliphatic heterocycles. The Morgan fingerprint density at radius 2 is 2.08 bits per heavy atom. The first-order valence-corrected chi connectivity index (χ1v) is 4.28. The van der Waals surface area contributed by atoms with Crippen molar-refractivity contribution in [3.05, 3.63) is 0 Å². The zero-order valence-corrected chi connectivity index (χ0v) is 7.55. The Kier molecular flexibility index (Phi) is 3.24. The molecule has 1 aliphatic rings. The maximum atomic E-state index is 11.0. The number of hydrogen-bond acceptors (Lipinski definition) is 4. The van der Waals surface area contributed by atoms with E-state index in [0.29, 0.717) is 6.54 Å². The van der Waals surface area contributed by atoms with Crippen LogP contribution < -0.4 is 0 Å². The van der Waals surface area contributed by atoms with E-state index in [4.69, 9.17) is 5.11 Å². The summed E-state index contributed by atoms with van der Waals surface area (Å²) in [6, 6.07) is 0. The van der Waals surface area contributed by atoms with Gasteiger partial charge in [0.1, 0.15) is 0 Å². The van der Waals surface area contributed by atoms with Crippen LogP contribution in [0.3, 0.4) is 0 Å². The molecule has 1 heterocycles. The van der Waals surface area contributed by atoms with E-state index < -0.39 is 18.1 Å². The van der Waals surface area contributed by atoms with Crippen LogP contribution in [0.4, 0.5) is 0 Å². The topological polar surface area (TPSA) is 81.0 Å². The maximum Gasteiger partial charge on any atom is 0.219 e. The van der Waals surface area contributed by atoms with Gasteiger partial charge in [-0.1, -0.05) is 0 Å². The number of carbonyl (C=O) groups is 1. The largest absolute Gasteiger partial charge is 0.396 e. The van der Waals surface area contributed by atoms with Gasteiger partial charge in [-0.2, -0.15) is 0 Å². The fourth-order valence-electron chi connectivity index (χ4n) is 1.54. The van der Waals surface area contributed by atoms with Crippen molar-refractivity contribution in [2.45, 2.75) is 19.1 Å². The molecule has 5 nitrogen and oxygen atoms in total. The van der Waals surface area contributed by atoms with Crippen LogP contribution in [0, 0.1) is 5.92 Å². The molecule has 0 aromatic rings. The van der Waals surface area contributed by atoms with Crippen LogP contribution in [-0.2, 0) is 4.79 Å². The molecule has 0 unspecified atom stereocenters. The number of likely N-dealkylation sites (tertiary alicyclic amines) is 1. The third-order valence-electron chi connectivity index (χ3n) is 2.42. The van der Waals surface area contributed by atoms with Gasteiger partial charge in [0, 0.05) is 25.9 Å². The number of hydrogen-bond donors (Lipinski definition) is 3. The first-order valence-electron chi connectivity index (χ1n) is 4.28. The minimum Gasteiger partial charge on any atom is -0.396 e. The lowest BCUT2D eigenvalue weighted by Gasteiger charge is -2.38. The first-order chi connectivity index (χ1) is 6.06. The highest BCUT2D eigenvalue weighted by atomic mass is 16.3. The van der Waals surface area contributed by atoms with E-state index in [1.54, 1.807) is 0 Å². The lowest BCUT2D eigenvalue weighted by molar-refractivity contribution is -0.141. The van der Waals surface area contributed by atoms with Gasteiger partial charge in [0.15, 0.2) is 0 Å². The van der Waals surface area contributed by atoms with E-state index >= 15 is 0 Å². The van der Waals surface area contributed by atoms with E-state index in [1.807, 2.05) is 0 Å². The summed E-state index contributed by atoms with van der Waals surface area (Å²) in [7, 11) is 0. The van der Waals surface area contributed by atoms with E-state index in [2.05, 4.69) is 0 Å². The fraction of sp³-hybridized carbons (Fsp3) is 0.875. The predicted octanol–water partition coefficient (Wildman–Crippen LogP) is -1.82. The van der Waals surface area contributed by atoms with Crippen molar-refractivity contribution < 1.29 is 20.1 Å². The second-order valence-corrected chi connectivity index (χ2v) is 3.42. The van der Waals surface area contributed by atoms with Crippen LogP contribution in [0.25, 0.3) is 0 Å². The van der Waals surface area contributed by atoms with Crippen LogP contribution in [0.5, 0.6) is 0 Å². The van der Waals surface area contributed by atoms with Gasteiger partial charge in [-0.3, -0.25) is 4.79 Å². The normalized spacial score (nSPS) is 34.8. The van der Waals surface area contributed by atoms with Crippen molar-refractivity contribution in [2.75, 3.05) is 19.7 Å². The zero-order valence-electron chi connectivity index (χ0n) is 7.55. The molecule has 1 saturated heterocycles. The minimum atomic E-state index is -0.949. The standard InChI is InChI=1S/C8H15NO4/c1-5(11)9-2-6(4-10)8(13)7(12)3-9/h6-8,10,12-13H,2-4H2,1H3/t6-,7-,8-/m1/s1. The second-order valence-electron chi connectivity index (χ2n) is 3.42. The molecule has 5 heteroatoms. The van der Waals surface area contributed by atoms with Gasteiger partial charge in [-0.25, -0.2) is 0 Å². The highest BCUT2D eigenvalue weighted by Crippen LogP contribution is 2.17. The smallest absolute Gasteiger partial charge is 0.219 e. The number of amides is 1. The Labute approximate surface area is 76.6 Å². The molecule has 0 bridgehead atoms. The number of nitrogens with zero attached hydrogens (tertiary/aromatic N) is 1. The van der Waals surface area contributed by atoms with Crippen molar-refractivity contribution in [1.82, 2.24) is 4.90 Å². The van der Waals surface area contributed by atoms with E-state index in [0.717, 1.165) is 0 Å². The molecule has 3 N–H and O–H groups in total. The van der Waals surface area contributed by atoms with Crippen LogP contribution in [0.15, 0.2) is 0 Å². The van der Waals surface area contributed by atoms with Gasteiger partial charge in [0.05, 0.1) is 18.8 Å². The number of β-amino-alcohol motifs (C(OH)–C–C–N with tert-alkyl or cyclic N) is 1. The van der Waals surface area contributed by atoms with Crippen molar-refractivity contribution >= 4 is 5.91 Å². The number of rotatable bonds is 1. The van der Waals surface area contributed by atoms with E-state index in [9.17, 15) is 15.0 Å². The Morgan fingerprint density at radius 3 is 2.54 bits per heavy atom. The molecule has 3 atom stereocenters. The number of aliphatic hydroxyl groups excluding tert-OH is 3. The molecular formula is C8H15NO4. The van der Waals surface area contributed by atoms with Gasteiger partial charge >= 0.3 is 0 Å². The summed E-state index contributed by atoms with van der Waals surface area (Å²) >= 11 is 0. The molecule has 0 aliphatic carbocycles. The van der Waals surface area contributed by atoms with Crippen LogP contribution in [0.2, 0.25) is 0 Å². The maximum absolute atomic E-state index is 11.0. The first kappa shape index (κ1) is 10.4. The molecular weight excluding hydrogens is 174 g/mol. The molecule has 1 rings (SSSR count). The van der Waals surface area contributed by atoms with Crippen LogP contribution >= 0.6 is 0 Å². The summed E-state index contributed by atoms with van der Waals surface area (Å²) in [5.41, 5.74) is 0. The Morgan fingerprint density at radius 1 is 1.46 bits per heavy atom. The van der Waals surface area contributed by atoms with E-state index in [1.165, 1.54) is 11.8 Å². The highest BCUT2D eigenvalue weighted by Gasteiger charge is 2.34. The third-order valence-corrected chi connectivity index (χ3v) is 2.42. The Hall–Kier alpha value is -0.650. The highest BCUT2D eigenvalue weighted by molar-refractivity contribution is 5.73. The molecule has 0 spiro atoms. The molecule has 0 aromatic carbocycles. The quantitative estimate of drug-likeness (QED) is 0.453. The van der Waals surface area contributed by atoms with Crippen molar-refractivity contribution in [3.8, 4) is 0 Å². The molecule has 1 fully saturated rings. The van der Waals surface area contributed by atoms with Gasteiger partial charge < -0.3 is 20.2 Å². The van der Waals surface area contributed by atoms with Crippen molar-refractivity contribution in [3.63, 3.8) is 0 Å². The SMILES string of the molecule is CC(=O)N1C[C@H](CO)[C@@H](O)[C@H](O)C1. The number of piperidine rings is 1. The summed E-state index contributed by atoms with van der Waals surface area (Å²) in [5.74, 6) is -0.586.